The van der Waals surface area contributed by atoms with E-state index >= 15 is 0 Å². The molecule has 1 aliphatic rings. The van der Waals surface area contributed by atoms with Gasteiger partial charge in [-0.15, -0.1) is 0 Å². The van der Waals surface area contributed by atoms with E-state index in [2.05, 4.69) is 18.5 Å². The molecule has 0 aromatic carbocycles. The second-order valence-electron chi connectivity index (χ2n) is 3.19. The van der Waals surface area contributed by atoms with E-state index < -0.39 is 17.8 Å². The Kier molecular flexibility index (Phi) is 3.77. The minimum Gasteiger partial charge on any atom is -0.277 e. The largest absolute Gasteiger partial charge is 0.331 e. The van der Waals surface area contributed by atoms with Crippen LogP contribution < -0.4 is 5.32 Å². The molecule has 1 fully saturated rings. The Bertz CT molecular complexity index is 376. The topological polar surface area (TPSA) is 66.5 Å². The molecule has 1 rings (SSSR count). The predicted octanol–water partition coefficient (Wildman–Crippen LogP) is 0.753. The number of amides is 4. The lowest BCUT2D eigenvalue weighted by Gasteiger charge is -2.24. The average molecular weight is 220 g/mol. The van der Waals surface area contributed by atoms with Crippen LogP contribution in [-0.2, 0) is 9.59 Å². The van der Waals surface area contributed by atoms with Gasteiger partial charge in [0.1, 0.15) is 6.42 Å². The Morgan fingerprint density at radius 2 is 2.06 bits per heavy atom. The average Bonchev–Trinajstić information content (AvgIpc) is 2.21. The summed E-state index contributed by atoms with van der Waals surface area (Å²) in [5, 5.41) is 2.07. The zero-order chi connectivity index (χ0) is 12.1. The van der Waals surface area contributed by atoms with Crippen LogP contribution in [0.2, 0.25) is 0 Å². The summed E-state index contributed by atoms with van der Waals surface area (Å²) < 4.78 is 0. The van der Waals surface area contributed by atoms with Gasteiger partial charge in [-0.3, -0.25) is 19.8 Å². The predicted molar refractivity (Wildman–Crippen MR) is 58.3 cm³/mol. The van der Waals surface area contributed by atoms with Crippen LogP contribution in [0.5, 0.6) is 0 Å². The third-order valence-corrected chi connectivity index (χ3v) is 2.04. The molecule has 0 aromatic rings. The number of nitrogens with one attached hydrogen (secondary N) is 1. The lowest BCUT2D eigenvalue weighted by atomic mass is 10.2. The van der Waals surface area contributed by atoms with Gasteiger partial charge in [0.2, 0.25) is 11.8 Å². The summed E-state index contributed by atoms with van der Waals surface area (Å²) in [5.74, 6) is -1.08. The smallest absolute Gasteiger partial charge is 0.277 e. The van der Waals surface area contributed by atoms with Crippen molar-refractivity contribution >= 4 is 17.8 Å². The van der Waals surface area contributed by atoms with Crippen molar-refractivity contribution in [2.75, 3.05) is 6.54 Å². The first-order chi connectivity index (χ1) is 7.58. The van der Waals surface area contributed by atoms with Crippen LogP contribution >= 0.6 is 0 Å². The summed E-state index contributed by atoms with van der Waals surface area (Å²) in [6.07, 6.45) is 4.40. The van der Waals surface area contributed by atoms with Gasteiger partial charge in [-0.25, -0.2) is 4.79 Å². The van der Waals surface area contributed by atoms with E-state index in [1.54, 1.807) is 6.08 Å². The summed E-state index contributed by atoms with van der Waals surface area (Å²) in [7, 11) is 0. The van der Waals surface area contributed by atoms with Crippen molar-refractivity contribution in [3.63, 3.8) is 0 Å². The first-order valence-electron chi connectivity index (χ1n) is 4.66. The van der Waals surface area contributed by atoms with Crippen molar-refractivity contribution in [1.82, 2.24) is 10.2 Å². The Balaban J connectivity index is 2.80. The van der Waals surface area contributed by atoms with E-state index in [-0.39, 0.29) is 13.0 Å². The summed E-state index contributed by atoms with van der Waals surface area (Å²) in [6.45, 7) is 7.16. The molecule has 0 radical (unpaired) electrons. The van der Waals surface area contributed by atoms with Gasteiger partial charge in [-0.05, 0) is 5.57 Å². The van der Waals surface area contributed by atoms with Gasteiger partial charge in [-0.2, -0.15) is 0 Å². The van der Waals surface area contributed by atoms with Gasteiger partial charge >= 0.3 is 6.03 Å². The van der Waals surface area contributed by atoms with Crippen molar-refractivity contribution in [2.45, 2.75) is 6.42 Å². The monoisotopic (exact) mass is 220 g/mol. The first-order valence-corrected chi connectivity index (χ1v) is 4.66. The van der Waals surface area contributed by atoms with Crippen LogP contribution in [0.1, 0.15) is 6.42 Å². The molecule has 1 saturated heterocycles. The highest BCUT2D eigenvalue weighted by atomic mass is 16.2. The van der Waals surface area contributed by atoms with Crippen LogP contribution in [0, 0.1) is 0 Å². The Morgan fingerprint density at radius 1 is 1.38 bits per heavy atom. The van der Waals surface area contributed by atoms with Crippen molar-refractivity contribution in [3.8, 4) is 0 Å². The molecule has 1 aliphatic heterocycles. The number of barbiturate groups is 1. The normalized spacial score (nSPS) is 17.1. The van der Waals surface area contributed by atoms with Crippen molar-refractivity contribution in [3.05, 3.63) is 37.0 Å². The second-order valence-corrected chi connectivity index (χ2v) is 3.19. The number of carbonyl (C=O) groups excluding carboxylic acids is 3. The summed E-state index contributed by atoms with van der Waals surface area (Å²) in [5.41, 5.74) is 0.674. The van der Waals surface area contributed by atoms with Gasteiger partial charge in [0, 0.05) is 0 Å². The minimum absolute atomic E-state index is 0.0907. The van der Waals surface area contributed by atoms with Crippen LogP contribution in [0.4, 0.5) is 4.79 Å². The molecule has 16 heavy (non-hydrogen) atoms. The highest BCUT2D eigenvalue weighted by molar-refractivity contribution is 6.14. The second kappa shape index (κ2) is 5.06. The third-order valence-electron chi connectivity index (χ3n) is 2.04. The first kappa shape index (κ1) is 11.9. The fourth-order valence-corrected chi connectivity index (χ4v) is 1.26. The van der Waals surface area contributed by atoms with Gasteiger partial charge in [0.25, 0.3) is 0 Å². The summed E-state index contributed by atoms with van der Waals surface area (Å²) in [4.78, 5) is 34.6. The number of hydrogen-bond acceptors (Lipinski definition) is 3. The van der Waals surface area contributed by atoms with Gasteiger partial charge < -0.3 is 0 Å². The zero-order valence-corrected chi connectivity index (χ0v) is 8.73. The lowest BCUT2D eigenvalue weighted by molar-refractivity contribution is -0.135. The molecule has 0 bridgehead atoms. The van der Waals surface area contributed by atoms with Crippen LogP contribution in [-0.4, -0.2) is 29.3 Å². The summed E-state index contributed by atoms with van der Waals surface area (Å²) in [6, 6.07) is -0.696. The SMILES string of the molecule is C=C/C=C(\C=C)CN1C(=O)CC(=O)NC1=O. The van der Waals surface area contributed by atoms with E-state index in [0.717, 1.165) is 4.90 Å². The molecule has 0 saturated carbocycles. The lowest BCUT2D eigenvalue weighted by Crippen LogP contribution is -2.53. The van der Waals surface area contributed by atoms with Crippen molar-refractivity contribution in [1.29, 1.82) is 0 Å². The van der Waals surface area contributed by atoms with Gasteiger partial charge in [-0.1, -0.05) is 31.4 Å². The fraction of sp³-hybridized carbons (Fsp3) is 0.182. The molecule has 84 valence electrons. The minimum atomic E-state index is -0.696. The van der Waals surface area contributed by atoms with E-state index in [1.807, 2.05) is 0 Å². The molecule has 0 unspecified atom stereocenters. The van der Waals surface area contributed by atoms with Crippen LogP contribution in [0.15, 0.2) is 37.0 Å². The molecule has 0 aliphatic carbocycles. The fourth-order valence-electron chi connectivity index (χ4n) is 1.26. The third kappa shape index (κ3) is 2.66. The van der Waals surface area contributed by atoms with Crippen molar-refractivity contribution in [2.24, 2.45) is 0 Å². The number of imide groups is 2. The van der Waals surface area contributed by atoms with E-state index in [4.69, 9.17) is 0 Å². The molecular formula is C11H12N2O3. The number of urea groups is 1. The highest BCUT2D eigenvalue weighted by Crippen LogP contribution is 2.07. The molecule has 1 N–H and O–H groups in total. The van der Waals surface area contributed by atoms with Gasteiger partial charge in [0.15, 0.2) is 0 Å². The molecule has 4 amide bonds. The van der Waals surface area contributed by atoms with Crippen LogP contribution in [0.25, 0.3) is 0 Å². The standard InChI is InChI=1S/C11H12N2O3/c1-3-5-8(4-2)7-13-10(15)6-9(14)12-11(13)16/h3-5H,1-2,6-7H2,(H,12,14,16)/b8-5+. The number of rotatable bonds is 4. The van der Waals surface area contributed by atoms with E-state index in [1.165, 1.54) is 12.2 Å². The molecule has 5 nitrogen and oxygen atoms in total. The number of carbonyl (C=O) groups is 3. The molecule has 1 heterocycles. The maximum atomic E-state index is 11.4. The molecular weight excluding hydrogens is 208 g/mol. The number of allylic oxidation sites excluding steroid dienone is 2. The molecule has 0 atom stereocenters. The molecule has 5 heteroatoms. The Labute approximate surface area is 93.1 Å². The highest BCUT2D eigenvalue weighted by Gasteiger charge is 2.30. The molecule has 0 aromatic heterocycles. The maximum Gasteiger partial charge on any atom is 0.331 e. The van der Waals surface area contributed by atoms with Gasteiger partial charge in [0.05, 0.1) is 6.54 Å². The Hall–Kier alpha value is -2.17. The number of hydrogen-bond donors (Lipinski definition) is 1. The maximum absolute atomic E-state index is 11.4. The number of nitrogens with zero attached hydrogens (tertiary/aromatic N) is 1. The summed E-state index contributed by atoms with van der Waals surface area (Å²) >= 11 is 0. The van der Waals surface area contributed by atoms with E-state index in [9.17, 15) is 14.4 Å². The molecule has 0 spiro atoms. The van der Waals surface area contributed by atoms with Crippen LogP contribution in [0.3, 0.4) is 0 Å². The van der Waals surface area contributed by atoms with Crippen molar-refractivity contribution < 1.29 is 14.4 Å². The quantitative estimate of drug-likeness (QED) is 0.561. The Morgan fingerprint density at radius 3 is 2.56 bits per heavy atom. The zero-order valence-electron chi connectivity index (χ0n) is 8.73. The van der Waals surface area contributed by atoms with E-state index in [0.29, 0.717) is 5.57 Å².